The van der Waals surface area contributed by atoms with Gasteiger partial charge in [-0.25, -0.2) is 0 Å². The summed E-state index contributed by atoms with van der Waals surface area (Å²) in [6, 6.07) is 1.26. The topological polar surface area (TPSA) is 99.5 Å². The molecule has 0 saturated heterocycles. The summed E-state index contributed by atoms with van der Waals surface area (Å²) in [7, 11) is 0. The maximum absolute atomic E-state index is 11.6. The largest absolute Gasteiger partial charge is 0.506 e. The maximum Gasteiger partial charge on any atom is 0.310 e. The Kier molecular flexibility index (Phi) is 3.67. The molecule has 0 saturated carbocycles. The van der Waals surface area contributed by atoms with Gasteiger partial charge in [-0.3, -0.25) is 14.6 Å². The van der Waals surface area contributed by atoms with Crippen LogP contribution in [-0.4, -0.2) is 33.6 Å². The van der Waals surface area contributed by atoms with E-state index >= 15 is 0 Å². The van der Waals surface area contributed by atoms with E-state index in [1.807, 2.05) is 0 Å². The molecule has 92 valence electrons. The van der Waals surface area contributed by atoms with Gasteiger partial charge in [0.05, 0.1) is 17.2 Å². The smallest absolute Gasteiger partial charge is 0.310 e. The van der Waals surface area contributed by atoms with Crippen LogP contribution in [0.3, 0.4) is 0 Å². The summed E-state index contributed by atoms with van der Waals surface area (Å²) in [6.07, 6.45) is 2.50. The minimum absolute atomic E-state index is 0.00315. The Morgan fingerprint density at radius 2 is 2.06 bits per heavy atom. The van der Waals surface area contributed by atoms with Gasteiger partial charge >= 0.3 is 5.97 Å². The van der Waals surface area contributed by atoms with Crippen LogP contribution in [0.2, 0.25) is 0 Å². The second-order valence-electron chi connectivity index (χ2n) is 4.30. The molecule has 1 heterocycles. The van der Waals surface area contributed by atoms with E-state index in [9.17, 15) is 9.59 Å². The summed E-state index contributed by atoms with van der Waals surface area (Å²) < 4.78 is 0. The third-order valence-corrected chi connectivity index (χ3v) is 2.26. The minimum atomic E-state index is -1.04. The minimum Gasteiger partial charge on any atom is -0.506 e. The lowest BCUT2D eigenvalue weighted by Crippen LogP contribution is -2.38. The molecule has 1 aromatic rings. The molecule has 0 aliphatic carbocycles. The van der Waals surface area contributed by atoms with Crippen LogP contribution in [0.25, 0.3) is 0 Å². The number of carboxylic acid groups (broad SMARTS) is 1. The van der Waals surface area contributed by atoms with Crippen LogP contribution in [0.5, 0.6) is 5.75 Å². The van der Waals surface area contributed by atoms with E-state index < -0.39 is 17.3 Å². The lowest BCUT2D eigenvalue weighted by atomic mass is 9.94. The molecule has 0 aliphatic rings. The number of nitrogens with one attached hydrogen (secondary N) is 1. The number of hydrogen-bond acceptors (Lipinski definition) is 4. The second-order valence-corrected chi connectivity index (χ2v) is 4.30. The molecule has 6 nitrogen and oxygen atoms in total. The highest BCUT2D eigenvalue weighted by Gasteiger charge is 2.27. The van der Waals surface area contributed by atoms with Crippen molar-refractivity contribution in [1.82, 2.24) is 10.3 Å². The van der Waals surface area contributed by atoms with Crippen LogP contribution in [0.1, 0.15) is 24.2 Å². The standard InChI is InChI=1S/C11H14N2O4/c1-11(2,10(16)17)6-13-9(15)7-3-8(14)5-12-4-7/h3-5,14H,6H2,1-2H3,(H,13,15)(H,16,17). The highest BCUT2D eigenvalue weighted by molar-refractivity contribution is 5.94. The number of aromatic hydroxyl groups is 1. The van der Waals surface area contributed by atoms with E-state index in [1.54, 1.807) is 0 Å². The molecule has 0 aliphatic heterocycles. The quantitative estimate of drug-likeness (QED) is 0.714. The first kappa shape index (κ1) is 13.0. The first-order valence-corrected chi connectivity index (χ1v) is 4.98. The van der Waals surface area contributed by atoms with Gasteiger partial charge in [0.25, 0.3) is 5.91 Å². The molecule has 6 heteroatoms. The molecule has 0 atom stereocenters. The molecular weight excluding hydrogens is 224 g/mol. The summed E-state index contributed by atoms with van der Waals surface area (Å²) in [5.74, 6) is -1.58. The predicted molar refractivity (Wildman–Crippen MR) is 59.7 cm³/mol. The summed E-state index contributed by atoms with van der Waals surface area (Å²) in [5, 5.41) is 20.5. The number of amides is 1. The number of carbonyl (C=O) groups is 2. The Morgan fingerprint density at radius 3 is 2.59 bits per heavy atom. The number of nitrogens with zero attached hydrogens (tertiary/aromatic N) is 1. The molecule has 0 spiro atoms. The number of carbonyl (C=O) groups excluding carboxylic acids is 1. The van der Waals surface area contributed by atoms with Gasteiger partial charge < -0.3 is 15.5 Å². The lowest BCUT2D eigenvalue weighted by molar-refractivity contribution is -0.146. The van der Waals surface area contributed by atoms with Crippen molar-refractivity contribution in [2.45, 2.75) is 13.8 Å². The van der Waals surface area contributed by atoms with Gasteiger partial charge in [-0.2, -0.15) is 0 Å². The zero-order valence-corrected chi connectivity index (χ0v) is 9.60. The molecule has 1 aromatic heterocycles. The van der Waals surface area contributed by atoms with E-state index in [0.29, 0.717) is 0 Å². The molecule has 0 bridgehead atoms. The SMILES string of the molecule is CC(C)(CNC(=O)c1cncc(O)c1)C(=O)O. The first-order valence-electron chi connectivity index (χ1n) is 4.98. The van der Waals surface area contributed by atoms with Crippen LogP contribution in [0.15, 0.2) is 18.5 Å². The molecule has 1 rings (SSSR count). The molecule has 3 N–H and O–H groups in total. The van der Waals surface area contributed by atoms with Gasteiger partial charge in [0, 0.05) is 12.7 Å². The first-order chi connectivity index (χ1) is 7.83. The van der Waals surface area contributed by atoms with Crippen LogP contribution in [-0.2, 0) is 4.79 Å². The summed E-state index contributed by atoms with van der Waals surface area (Å²) in [6.45, 7) is 3.02. The van der Waals surface area contributed by atoms with E-state index in [-0.39, 0.29) is 17.9 Å². The third kappa shape index (κ3) is 3.44. The molecule has 0 radical (unpaired) electrons. The molecule has 17 heavy (non-hydrogen) atoms. The number of hydrogen-bond donors (Lipinski definition) is 3. The van der Waals surface area contributed by atoms with Gasteiger partial charge in [0.1, 0.15) is 5.75 Å². The molecule has 0 aromatic carbocycles. The number of carboxylic acids is 1. The second kappa shape index (κ2) is 4.82. The molecule has 1 amide bonds. The fourth-order valence-electron chi connectivity index (χ4n) is 1.03. The van der Waals surface area contributed by atoms with E-state index in [4.69, 9.17) is 10.2 Å². The van der Waals surface area contributed by atoms with Crippen molar-refractivity contribution in [2.24, 2.45) is 5.41 Å². The third-order valence-electron chi connectivity index (χ3n) is 2.26. The van der Waals surface area contributed by atoms with Gasteiger partial charge in [-0.05, 0) is 19.9 Å². The van der Waals surface area contributed by atoms with Gasteiger partial charge in [-0.1, -0.05) is 0 Å². The summed E-state index contributed by atoms with van der Waals surface area (Å²) in [4.78, 5) is 26.1. The average molecular weight is 238 g/mol. The Hall–Kier alpha value is -2.11. The van der Waals surface area contributed by atoms with Gasteiger partial charge in [0.2, 0.25) is 0 Å². The highest BCUT2D eigenvalue weighted by Crippen LogP contribution is 2.14. The average Bonchev–Trinajstić information content (AvgIpc) is 2.25. The molecular formula is C11H14N2O4. The Balaban J connectivity index is 2.65. The van der Waals surface area contributed by atoms with Crippen LogP contribution >= 0.6 is 0 Å². The summed E-state index contributed by atoms with van der Waals surface area (Å²) in [5.41, 5.74) is -0.855. The van der Waals surface area contributed by atoms with Crippen molar-refractivity contribution in [3.63, 3.8) is 0 Å². The predicted octanol–water partition coefficient (Wildman–Crippen LogP) is 0.628. The number of rotatable bonds is 4. The highest BCUT2D eigenvalue weighted by atomic mass is 16.4. The lowest BCUT2D eigenvalue weighted by Gasteiger charge is -2.19. The number of aromatic nitrogens is 1. The van der Waals surface area contributed by atoms with Crippen molar-refractivity contribution < 1.29 is 19.8 Å². The molecule has 0 unspecified atom stereocenters. The van der Waals surface area contributed by atoms with Crippen molar-refractivity contribution in [2.75, 3.05) is 6.54 Å². The van der Waals surface area contributed by atoms with Crippen molar-refractivity contribution in [1.29, 1.82) is 0 Å². The van der Waals surface area contributed by atoms with Crippen LogP contribution < -0.4 is 5.32 Å². The fourth-order valence-corrected chi connectivity index (χ4v) is 1.03. The van der Waals surface area contributed by atoms with Crippen LogP contribution in [0.4, 0.5) is 0 Å². The van der Waals surface area contributed by atoms with E-state index in [1.165, 1.54) is 32.3 Å². The van der Waals surface area contributed by atoms with Crippen molar-refractivity contribution in [3.05, 3.63) is 24.0 Å². The van der Waals surface area contributed by atoms with Crippen LogP contribution in [0, 0.1) is 5.41 Å². The van der Waals surface area contributed by atoms with Gasteiger partial charge in [0.15, 0.2) is 0 Å². The molecule has 0 fully saturated rings. The van der Waals surface area contributed by atoms with Crippen molar-refractivity contribution >= 4 is 11.9 Å². The zero-order valence-electron chi connectivity index (χ0n) is 9.60. The number of aliphatic carboxylic acids is 1. The van der Waals surface area contributed by atoms with Crippen molar-refractivity contribution in [3.8, 4) is 5.75 Å². The Labute approximate surface area is 98.3 Å². The zero-order chi connectivity index (χ0) is 13.1. The van der Waals surface area contributed by atoms with Gasteiger partial charge in [-0.15, -0.1) is 0 Å². The monoisotopic (exact) mass is 238 g/mol. The maximum atomic E-state index is 11.6. The Morgan fingerprint density at radius 1 is 1.41 bits per heavy atom. The number of pyridine rings is 1. The van der Waals surface area contributed by atoms with E-state index in [0.717, 1.165) is 0 Å². The Bertz CT molecular complexity index is 443. The fraction of sp³-hybridized carbons (Fsp3) is 0.364. The summed E-state index contributed by atoms with van der Waals surface area (Å²) >= 11 is 0. The normalized spacial score (nSPS) is 10.9. The van der Waals surface area contributed by atoms with E-state index in [2.05, 4.69) is 10.3 Å².